The molecule has 0 saturated heterocycles. The average Bonchev–Trinajstić information content (AvgIpc) is 2.56. The van der Waals surface area contributed by atoms with E-state index in [-0.39, 0.29) is 0 Å². The third-order valence-electron chi connectivity index (χ3n) is 3.70. The largest absolute Gasteiger partial charge is 0.548 e. The number of nitrogens with zero attached hydrogens (tertiary/aromatic N) is 2. The van der Waals surface area contributed by atoms with Crippen LogP contribution in [0.1, 0.15) is 12.2 Å². The van der Waals surface area contributed by atoms with E-state index in [0.717, 1.165) is 35.4 Å². The van der Waals surface area contributed by atoms with Crippen LogP contribution in [0.25, 0.3) is 10.9 Å². The minimum absolute atomic E-state index is 0.485. The van der Waals surface area contributed by atoms with Crippen LogP contribution in [0, 0.1) is 0 Å². The Hall–Kier alpha value is -1.86. The van der Waals surface area contributed by atoms with Crippen LogP contribution in [0.4, 0.5) is 5.82 Å². The van der Waals surface area contributed by atoms with Crippen molar-refractivity contribution in [1.29, 1.82) is 0 Å². The number of aliphatic carboxylic acids is 1. The number of thioether (sulfide) groups is 1. The Labute approximate surface area is 146 Å². The van der Waals surface area contributed by atoms with E-state index >= 15 is 0 Å². The highest BCUT2D eigenvalue weighted by Crippen LogP contribution is 2.21. The van der Waals surface area contributed by atoms with Gasteiger partial charge in [0.05, 0.1) is 44.6 Å². The van der Waals surface area contributed by atoms with Crippen molar-refractivity contribution in [1.82, 2.24) is 9.97 Å². The second-order valence-electron chi connectivity index (χ2n) is 6.01. The lowest BCUT2D eigenvalue weighted by Gasteiger charge is -2.21. The van der Waals surface area contributed by atoms with Crippen LogP contribution in [0.5, 0.6) is 0 Å². The van der Waals surface area contributed by atoms with E-state index < -0.39 is 12.0 Å². The molecule has 130 valence electrons. The zero-order valence-electron chi connectivity index (χ0n) is 14.3. The molecule has 0 bridgehead atoms. The van der Waals surface area contributed by atoms with Crippen molar-refractivity contribution < 1.29 is 14.8 Å². The summed E-state index contributed by atoms with van der Waals surface area (Å²) < 4.78 is 0. The van der Waals surface area contributed by atoms with E-state index in [1.807, 2.05) is 30.5 Å². The number of para-hydroxylation sites is 1. The molecule has 1 heterocycles. The van der Waals surface area contributed by atoms with Crippen molar-refractivity contribution in [2.24, 2.45) is 0 Å². The monoisotopic (exact) mass is 348 g/mol. The van der Waals surface area contributed by atoms with Gasteiger partial charge in [0.15, 0.2) is 0 Å². The lowest BCUT2D eigenvalue weighted by atomic mass is 10.2. The normalized spacial score (nSPS) is 12.5. The summed E-state index contributed by atoms with van der Waals surface area (Å²) >= 11 is 1.61. The number of likely N-dealkylation sites (N-methyl/N-ethyl adjacent to an activating group) is 1. The molecular formula is C17H24N4O2S. The van der Waals surface area contributed by atoms with Crippen LogP contribution >= 0.6 is 11.8 Å². The maximum Gasteiger partial charge on any atom is 0.138 e. The van der Waals surface area contributed by atoms with Crippen molar-refractivity contribution in [3.63, 3.8) is 0 Å². The van der Waals surface area contributed by atoms with E-state index in [4.69, 9.17) is 0 Å². The molecule has 2 rings (SSSR count). The number of hydrogen-bond acceptors (Lipinski definition) is 6. The minimum Gasteiger partial charge on any atom is -0.548 e. The highest BCUT2D eigenvalue weighted by Gasteiger charge is 2.14. The molecule has 7 heteroatoms. The Bertz CT molecular complexity index is 693. The molecule has 0 fully saturated rings. The molecule has 0 saturated carbocycles. The molecule has 2 aromatic rings. The van der Waals surface area contributed by atoms with Crippen molar-refractivity contribution in [2.45, 2.75) is 18.9 Å². The standard InChI is InChI=1S/C17H24N4O2S/c1-21(2)10-8-15-18-13-7-5-4-6-12(13)16(20-15)19-14(17(22)23)9-11-24-3/h4-7,14H,8-11H2,1-3H3,(H,22,23)(H,18,19,20)/t14-/m0/s1. The second-order valence-corrected chi connectivity index (χ2v) is 7.00. The zero-order chi connectivity index (χ0) is 17.5. The number of carbonyl (C=O) groups is 1. The number of anilines is 1. The number of benzene rings is 1. The van der Waals surface area contributed by atoms with Gasteiger partial charge in [-0.05, 0) is 30.6 Å². The lowest BCUT2D eigenvalue weighted by Crippen LogP contribution is -3.06. The number of quaternary nitrogens is 1. The Morgan fingerprint density at radius 2 is 2.08 bits per heavy atom. The van der Waals surface area contributed by atoms with Gasteiger partial charge in [0.2, 0.25) is 0 Å². The number of carboxylic acid groups (broad SMARTS) is 1. The van der Waals surface area contributed by atoms with Crippen molar-refractivity contribution in [2.75, 3.05) is 38.0 Å². The van der Waals surface area contributed by atoms with Gasteiger partial charge >= 0.3 is 0 Å². The van der Waals surface area contributed by atoms with Gasteiger partial charge in [-0.25, -0.2) is 9.97 Å². The van der Waals surface area contributed by atoms with Crippen LogP contribution in [-0.2, 0) is 11.2 Å². The third-order valence-corrected chi connectivity index (χ3v) is 4.35. The number of aromatic nitrogens is 2. The van der Waals surface area contributed by atoms with Crippen LogP contribution in [0.15, 0.2) is 24.3 Å². The van der Waals surface area contributed by atoms with Gasteiger partial charge in [-0.3, -0.25) is 0 Å². The highest BCUT2D eigenvalue weighted by atomic mass is 32.2. The quantitative estimate of drug-likeness (QED) is 0.642. The molecule has 24 heavy (non-hydrogen) atoms. The topological polar surface area (TPSA) is 82.4 Å². The summed E-state index contributed by atoms with van der Waals surface area (Å²) in [5.41, 5.74) is 0.820. The van der Waals surface area contributed by atoms with Crippen LogP contribution in [0.3, 0.4) is 0 Å². The molecule has 0 amide bonds. The van der Waals surface area contributed by atoms with E-state index in [0.29, 0.717) is 12.2 Å². The molecule has 0 aliphatic heterocycles. The first-order valence-electron chi connectivity index (χ1n) is 8.02. The summed E-state index contributed by atoms with van der Waals surface area (Å²) in [7, 11) is 4.16. The molecule has 0 aliphatic rings. The summed E-state index contributed by atoms with van der Waals surface area (Å²) in [5.74, 6) is 0.927. The SMILES string of the molecule is CSCC[C@H](Nc1nc(CC[NH+](C)C)nc2ccccc12)C(=O)[O-]. The summed E-state index contributed by atoms with van der Waals surface area (Å²) in [5, 5.41) is 15.3. The number of carboxylic acids is 1. The van der Waals surface area contributed by atoms with Gasteiger partial charge < -0.3 is 20.1 Å². The Morgan fingerprint density at radius 3 is 2.75 bits per heavy atom. The first-order valence-corrected chi connectivity index (χ1v) is 9.41. The summed E-state index contributed by atoms with van der Waals surface area (Å²) in [6, 6.07) is 6.88. The van der Waals surface area contributed by atoms with Crippen molar-refractivity contribution >= 4 is 34.5 Å². The van der Waals surface area contributed by atoms with Gasteiger partial charge in [-0.15, -0.1) is 0 Å². The molecule has 1 aromatic carbocycles. The lowest BCUT2D eigenvalue weighted by molar-refractivity contribution is -0.858. The highest BCUT2D eigenvalue weighted by molar-refractivity contribution is 7.98. The smallest absolute Gasteiger partial charge is 0.138 e. The average molecular weight is 348 g/mol. The number of nitrogens with one attached hydrogen (secondary N) is 2. The van der Waals surface area contributed by atoms with Crippen LogP contribution in [-0.4, -0.2) is 54.6 Å². The maximum absolute atomic E-state index is 11.4. The molecule has 0 spiro atoms. The van der Waals surface area contributed by atoms with Gasteiger partial charge in [0.25, 0.3) is 0 Å². The molecule has 0 unspecified atom stereocenters. The number of hydrogen-bond donors (Lipinski definition) is 2. The number of fused-ring (bicyclic) bond motifs is 1. The van der Waals surface area contributed by atoms with Gasteiger partial charge in [-0.2, -0.15) is 11.8 Å². The summed E-state index contributed by atoms with van der Waals surface area (Å²) in [4.78, 5) is 21.9. The second kappa shape index (κ2) is 8.84. The third kappa shape index (κ3) is 5.07. The Balaban J connectivity index is 2.33. The zero-order valence-corrected chi connectivity index (χ0v) is 15.2. The molecule has 0 radical (unpaired) electrons. The van der Waals surface area contributed by atoms with E-state index in [1.54, 1.807) is 11.8 Å². The maximum atomic E-state index is 11.4. The fourth-order valence-electron chi connectivity index (χ4n) is 2.36. The molecule has 6 nitrogen and oxygen atoms in total. The van der Waals surface area contributed by atoms with E-state index in [2.05, 4.69) is 29.4 Å². The minimum atomic E-state index is -1.11. The number of rotatable bonds is 9. The summed E-state index contributed by atoms with van der Waals surface area (Å²) in [6.07, 6.45) is 3.18. The number of carbonyl (C=O) groups excluding carboxylic acids is 1. The van der Waals surface area contributed by atoms with E-state index in [1.165, 1.54) is 4.90 Å². The first-order chi connectivity index (χ1) is 11.5. The Kier molecular flexibility index (Phi) is 6.81. The van der Waals surface area contributed by atoms with Crippen LogP contribution < -0.4 is 15.3 Å². The fourth-order valence-corrected chi connectivity index (χ4v) is 2.83. The molecule has 0 aliphatic carbocycles. The van der Waals surface area contributed by atoms with Crippen molar-refractivity contribution in [3.05, 3.63) is 30.1 Å². The van der Waals surface area contributed by atoms with Gasteiger partial charge in [0, 0.05) is 5.39 Å². The first kappa shape index (κ1) is 18.5. The fraction of sp³-hybridized carbons (Fsp3) is 0.471. The Morgan fingerprint density at radius 1 is 1.33 bits per heavy atom. The van der Waals surface area contributed by atoms with Gasteiger partial charge in [0.1, 0.15) is 11.6 Å². The van der Waals surface area contributed by atoms with E-state index in [9.17, 15) is 9.90 Å². The molecule has 2 N–H and O–H groups in total. The van der Waals surface area contributed by atoms with Crippen molar-refractivity contribution in [3.8, 4) is 0 Å². The van der Waals surface area contributed by atoms with Crippen LogP contribution in [0.2, 0.25) is 0 Å². The van der Waals surface area contributed by atoms with Gasteiger partial charge in [-0.1, -0.05) is 12.1 Å². The predicted octanol–water partition coefficient (Wildman–Crippen LogP) is -0.400. The molecule has 1 atom stereocenters. The predicted molar refractivity (Wildman–Crippen MR) is 96.3 cm³/mol. The molecular weight excluding hydrogens is 324 g/mol. The molecule has 1 aromatic heterocycles. The summed E-state index contributed by atoms with van der Waals surface area (Å²) in [6.45, 7) is 0.911.